The van der Waals surface area contributed by atoms with Gasteiger partial charge in [0, 0.05) is 29.3 Å². The molecule has 6 rings (SSSR count). The van der Waals surface area contributed by atoms with Gasteiger partial charge >= 0.3 is 0 Å². The van der Waals surface area contributed by atoms with Crippen molar-refractivity contribution in [3.05, 3.63) is 58.9 Å². The number of nitrogens with one attached hydrogen (secondary N) is 1. The molecule has 30 heavy (non-hydrogen) atoms. The maximum atomic E-state index is 13.0. The Morgan fingerprint density at radius 1 is 1.20 bits per heavy atom. The van der Waals surface area contributed by atoms with E-state index in [1.165, 1.54) is 4.88 Å². The summed E-state index contributed by atoms with van der Waals surface area (Å²) in [5.74, 6) is 2.17. The Morgan fingerprint density at radius 2 is 2.13 bits per heavy atom. The number of hydrogen-bond acceptors (Lipinski definition) is 9. The highest BCUT2D eigenvalue weighted by Crippen LogP contribution is 2.36. The van der Waals surface area contributed by atoms with Crippen LogP contribution in [0.15, 0.2) is 52.6 Å². The standard InChI is InChI=1S/C20H17N5O4S/c26-20-14-9-13(17-2-1-7-30-17)22-25(14)6-5-24(20)10-18-21-19(23-29-18)12-3-4-15-16(8-12)28-11-27-15/h1-8,13-14,22H,9-11H2. The second-order valence-electron chi connectivity index (χ2n) is 7.20. The van der Waals surface area contributed by atoms with Gasteiger partial charge in [0.25, 0.3) is 5.91 Å². The van der Waals surface area contributed by atoms with Crippen LogP contribution in [0.25, 0.3) is 11.4 Å². The number of amides is 1. The maximum absolute atomic E-state index is 13.0. The third kappa shape index (κ3) is 2.92. The van der Waals surface area contributed by atoms with Gasteiger partial charge in [-0.15, -0.1) is 11.3 Å². The van der Waals surface area contributed by atoms with E-state index >= 15 is 0 Å². The van der Waals surface area contributed by atoms with Crippen molar-refractivity contribution < 1.29 is 18.8 Å². The molecule has 3 aliphatic heterocycles. The molecule has 0 aliphatic carbocycles. The molecule has 10 heteroatoms. The van der Waals surface area contributed by atoms with Crippen molar-refractivity contribution in [2.24, 2.45) is 0 Å². The minimum absolute atomic E-state index is 0.00638. The first-order valence-corrected chi connectivity index (χ1v) is 10.4. The zero-order chi connectivity index (χ0) is 20.1. The molecule has 1 saturated heterocycles. The molecule has 3 aliphatic rings. The van der Waals surface area contributed by atoms with Crippen molar-refractivity contribution in [3.8, 4) is 22.9 Å². The van der Waals surface area contributed by atoms with E-state index in [9.17, 15) is 4.79 Å². The lowest BCUT2D eigenvalue weighted by Crippen LogP contribution is -2.47. The molecular weight excluding hydrogens is 406 g/mol. The molecule has 0 radical (unpaired) electrons. The van der Waals surface area contributed by atoms with Crippen molar-refractivity contribution >= 4 is 17.2 Å². The van der Waals surface area contributed by atoms with Gasteiger partial charge in [0.1, 0.15) is 12.6 Å². The normalized spacial score (nSPS) is 22.1. The van der Waals surface area contributed by atoms with E-state index in [1.54, 1.807) is 22.4 Å². The van der Waals surface area contributed by atoms with E-state index in [4.69, 9.17) is 14.0 Å². The number of rotatable bonds is 4. The van der Waals surface area contributed by atoms with E-state index in [0.29, 0.717) is 29.6 Å². The lowest BCUT2D eigenvalue weighted by molar-refractivity contribution is -0.135. The van der Waals surface area contributed by atoms with Gasteiger partial charge in [0.15, 0.2) is 11.5 Å². The molecule has 5 heterocycles. The Labute approximate surface area is 175 Å². The van der Waals surface area contributed by atoms with Crippen LogP contribution in [0.5, 0.6) is 11.5 Å². The van der Waals surface area contributed by atoms with Crippen molar-refractivity contribution in [2.75, 3.05) is 6.79 Å². The van der Waals surface area contributed by atoms with Gasteiger partial charge in [-0.3, -0.25) is 4.79 Å². The van der Waals surface area contributed by atoms with Gasteiger partial charge in [-0.05, 0) is 29.6 Å². The number of nitrogens with zero attached hydrogens (tertiary/aromatic N) is 4. The highest BCUT2D eigenvalue weighted by molar-refractivity contribution is 7.10. The van der Waals surface area contributed by atoms with E-state index < -0.39 is 0 Å². The molecule has 2 aromatic heterocycles. The molecule has 3 aromatic rings. The summed E-state index contributed by atoms with van der Waals surface area (Å²) >= 11 is 1.69. The fraction of sp³-hybridized carbons (Fsp3) is 0.250. The first-order valence-electron chi connectivity index (χ1n) is 9.54. The summed E-state index contributed by atoms with van der Waals surface area (Å²) in [6.07, 6.45) is 4.34. The first kappa shape index (κ1) is 17.5. The number of ether oxygens (including phenoxy) is 2. The third-order valence-corrected chi connectivity index (χ3v) is 6.35. The Bertz CT molecular complexity index is 1130. The van der Waals surface area contributed by atoms with Crippen LogP contribution in [0.4, 0.5) is 0 Å². The Balaban J connectivity index is 1.17. The average Bonchev–Trinajstić information content (AvgIpc) is 3.54. The number of aromatic nitrogens is 2. The van der Waals surface area contributed by atoms with Gasteiger partial charge < -0.3 is 23.9 Å². The number of carbonyl (C=O) groups is 1. The summed E-state index contributed by atoms with van der Waals surface area (Å²) < 4.78 is 16.1. The van der Waals surface area contributed by atoms with Crippen LogP contribution in [0, 0.1) is 0 Å². The predicted molar refractivity (Wildman–Crippen MR) is 106 cm³/mol. The maximum Gasteiger partial charge on any atom is 0.251 e. The quantitative estimate of drug-likeness (QED) is 0.685. The van der Waals surface area contributed by atoms with Gasteiger partial charge in [-0.25, -0.2) is 5.43 Å². The van der Waals surface area contributed by atoms with Gasteiger partial charge in [0.2, 0.25) is 18.5 Å². The monoisotopic (exact) mass is 423 g/mol. The average molecular weight is 423 g/mol. The summed E-state index contributed by atoms with van der Waals surface area (Å²) in [6.45, 7) is 0.432. The van der Waals surface area contributed by atoms with Crippen LogP contribution in [-0.2, 0) is 11.3 Å². The van der Waals surface area contributed by atoms with E-state index in [2.05, 4.69) is 21.6 Å². The molecule has 0 spiro atoms. The summed E-state index contributed by atoms with van der Waals surface area (Å²) in [6, 6.07) is 9.48. The summed E-state index contributed by atoms with van der Waals surface area (Å²) in [5.41, 5.74) is 4.16. The number of hydrogen-bond donors (Lipinski definition) is 1. The lowest BCUT2D eigenvalue weighted by atomic mass is 10.1. The van der Waals surface area contributed by atoms with Crippen LogP contribution >= 0.6 is 11.3 Å². The van der Waals surface area contributed by atoms with Crippen molar-refractivity contribution in [1.29, 1.82) is 0 Å². The SMILES string of the molecule is O=C1C2CC(c3cccs3)NN2C=CN1Cc1nc(-c2ccc3c(c2)OCO3)no1. The van der Waals surface area contributed by atoms with Gasteiger partial charge in [-0.1, -0.05) is 11.2 Å². The minimum Gasteiger partial charge on any atom is -0.454 e. The fourth-order valence-corrected chi connectivity index (χ4v) is 4.65. The van der Waals surface area contributed by atoms with E-state index in [1.807, 2.05) is 40.9 Å². The Hall–Kier alpha value is -3.37. The number of hydrazine groups is 1. The predicted octanol–water partition coefficient (Wildman–Crippen LogP) is 2.66. The van der Waals surface area contributed by atoms with E-state index in [0.717, 1.165) is 5.56 Å². The summed E-state index contributed by atoms with van der Waals surface area (Å²) in [5, 5.41) is 7.98. The number of thiophene rings is 1. The molecule has 2 atom stereocenters. The zero-order valence-corrected chi connectivity index (χ0v) is 16.5. The van der Waals surface area contributed by atoms with Crippen molar-refractivity contribution in [1.82, 2.24) is 25.5 Å². The molecule has 0 saturated carbocycles. The smallest absolute Gasteiger partial charge is 0.251 e. The second-order valence-corrected chi connectivity index (χ2v) is 8.18. The van der Waals surface area contributed by atoms with Crippen molar-refractivity contribution in [3.63, 3.8) is 0 Å². The fourth-order valence-electron chi connectivity index (χ4n) is 3.86. The molecule has 1 N–H and O–H groups in total. The molecule has 1 aromatic carbocycles. The highest BCUT2D eigenvalue weighted by atomic mass is 32.1. The van der Waals surface area contributed by atoms with Crippen LogP contribution in [0.3, 0.4) is 0 Å². The highest BCUT2D eigenvalue weighted by Gasteiger charge is 2.40. The number of carbonyl (C=O) groups excluding carboxylic acids is 1. The molecule has 2 unspecified atom stereocenters. The van der Waals surface area contributed by atoms with Gasteiger partial charge in [-0.2, -0.15) is 4.98 Å². The topological polar surface area (TPSA) is 93.0 Å². The van der Waals surface area contributed by atoms with Crippen LogP contribution in [0.2, 0.25) is 0 Å². The molecule has 9 nitrogen and oxygen atoms in total. The van der Waals surface area contributed by atoms with Crippen molar-refractivity contribution in [2.45, 2.75) is 25.0 Å². The Morgan fingerprint density at radius 3 is 3.03 bits per heavy atom. The number of fused-ring (bicyclic) bond motifs is 2. The molecular formula is C20H17N5O4S. The van der Waals surface area contributed by atoms with Crippen LogP contribution in [-0.4, -0.2) is 38.8 Å². The molecule has 0 bridgehead atoms. The first-order chi connectivity index (χ1) is 14.7. The minimum atomic E-state index is -0.252. The van der Waals surface area contributed by atoms with Gasteiger partial charge in [0.05, 0.1) is 6.04 Å². The van der Waals surface area contributed by atoms with E-state index in [-0.39, 0.29) is 31.3 Å². The Kier molecular flexibility index (Phi) is 3.99. The summed E-state index contributed by atoms with van der Waals surface area (Å²) in [4.78, 5) is 20.3. The van der Waals surface area contributed by atoms with Crippen LogP contribution in [0.1, 0.15) is 23.2 Å². The zero-order valence-electron chi connectivity index (χ0n) is 15.7. The third-order valence-electron chi connectivity index (χ3n) is 5.37. The molecule has 1 amide bonds. The number of benzene rings is 1. The van der Waals surface area contributed by atoms with Crippen LogP contribution < -0.4 is 14.9 Å². The second kappa shape index (κ2) is 6.85. The molecule has 152 valence electrons. The summed E-state index contributed by atoms with van der Waals surface area (Å²) in [7, 11) is 0. The largest absolute Gasteiger partial charge is 0.454 e. The molecule has 1 fully saturated rings. The lowest BCUT2D eigenvalue weighted by Gasteiger charge is -2.30.